The molecule has 4 rings (SSSR count). The molecule has 0 saturated carbocycles. The van der Waals surface area contributed by atoms with Gasteiger partial charge in [-0.1, -0.05) is 30.3 Å². The van der Waals surface area contributed by atoms with E-state index in [1.165, 1.54) is 31.5 Å². The van der Waals surface area contributed by atoms with E-state index >= 15 is 0 Å². The van der Waals surface area contributed by atoms with Gasteiger partial charge in [0.15, 0.2) is 0 Å². The first-order valence-electron chi connectivity index (χ1n) is 12.3. The number of aliphatic hydroxyl groups is 1. The van der Waals surface area contributed by atoms with E-state index in [-0.39, 0.29) is 6.61 Å². The molecule has 0 unspecified atom stereocenters. The van der Waals surface area contributed by atoms with Crippen LogP contribution in [0.25, 0.3) is 0 Å². The number of likely N-dealkylation sites (tertiary alicyclic amines) is 1. The minimum absolute atomic E-state index is 0.264. The lowest BCUT2D eigenvalue weighted by Gasteiger charge is -2.48. The summed E-state index contributed by atoms with van der Waals surface area (Å²) < 4.78 is 6.03. The molecule has 0 spiro atoms. The van der Waals surface area contributed by atoms with Crippen LogP contribution in [0.2, 0.25) is 0 Å². The summed E-state index contributed by atoms with van der Waals surface area (Å²) in [5.74, 6) is 1.75. The molecule has 2 aromatic carbocycles. The van der Waals surface area contributed by atoms with Gasteiger partial charge in [-0.25, -0.2) is 0 Å². The largest absolute Gasteiger partial charge is 0.457 e. The first-order valence-corrected chi connectivity index (χ1v) is 12.3. The summed E-state index contributed by atoms with van der Waals surface area (Å²) >= 11 is 0. The molecular weight excluding hydrogens is 398 g/mol. The third-order valence-corrected chi connectivity index (χ3v) is 7.06. The van der Waals surface area contributed by atoms with Crippen molar-refractivity contribution in [2.24, 2.45) is 0 Å². The van der Waals surface area contributed by atoms with Gasteiger partial charge in [0.05, 0.1) is 0 Å². The molecule has 1 atom stereocenters. The molecule has 174 valence electrons. The monoisotopic (exact) mass is 437 g/mol. The van der Waals surface area contributed by atoms with Crippen LogP contribution in [0.15, 0.2) is 54.6 Å². The van der Waals surface area contributed by atoms with Gasteiger partial charge in [0.25, 0.3) is 0 Å². The first-order chi connectivity index (χ1) is 15.6. The average Bonchev–Trinajstić information content (AvgIpc) is 2.81. The van der Waals surface area contributed by atoms with Crippen molar-refractivity contribution in [3.8, 4) is 11.5 Å². The van der Waals surface area contributed by atoms with E-state index in [0.717, 1.165) is 44.1 Å². The van der Waals surface area contributed by atoms with Crippen LogP contribution in [-0.4, -0.2) is 77.3 Å². The number of aliphatic hydroxyl groups excluding tert-OH is 1. The van der Waals surface area contributed by atoms with Crippen molar-refractivity contribution in [1.29, 1.82) is 0 Å². The summed E-state index contributed by atoms with van der Waals surface area (Å²) in [6.07, 6.45) is 3.36. The zero-order chi connectivity index (χ0) is 22.3. The second-order valence-corrected chi connectivity index (χ2v) is 9.56. The molecule has 0 radical (unpaired) electrons. The number of benzene rings is 2. The average molecular weight is 438 g/mol. The molecule has 0 amide bonds. The van der Waals surface area contributed by atoms with Gasteiger partial charge in [-0.3, -0.25) is 9.80 Å². The maximum Gasteiger partial charge on any atom is 0.127 e. The summed E-state index contributed by atoms with van der Waals surface area (Å²) in [5.41, 5.74) is 1.28. The fourth-order valence-electron chi connectivity index (χ4n) is 5.29. The predicted molar refractivity (Wildman–Crippen MR) is 130 cm³/mol. The normalized spacial score (nSPS) is 21.8. The van der Waals surface area contributed by atoms with E-state index in [9.17, 15) is 5.11 Å². The van der Waals surface area contributed by atoms with Crippen LogP contribution >= 0.6 is 0 Å². The van der Waals surface area contributed by atoms with E-state index in [2.05, 4.69) is 46.7 Å². The SMILES string of the molecule is CC(C)N1CCC(N2CCN(Cc3cccc(Oc4ccccc4)c3)C[C@@H]2CCO)CC1. The minimum atomic E-state index is 0.264. The van der Waals surface area contributed by atoms with E-state index in [0.29, 0.717) is 18.1 Å². The summed E-state index contributed by atoms with van der Waals surface area (Å²) in [6, 6.07) is 20.1. The van der Waals surface area contributed by atoms with Crippen molar-refractivity contribution in [2.75, 3.05) is 39.3 Å². The Labute approximate surface area is 193 Å². The summed E-state index contributed by atoms with van der Waals surface area (Å²) in [6.45, 7) is 11.4. The van der Waals surface area contributed by atoms with E-state index < -0.39 is 0 Å². The Kier molecular flexibility index (Phi) is 8.20. The van der Waals surface area contributed by atoms with Crippen molar-refractivity contribution >= 4 is 0 Å². The van der Waals surface area contributed by atoms with Crippen molar-refractivity contribution < 1.29 is 9.84 Å². The van der Waals surface area contributed by atoms with Crippen molar-refractivity contribution in [2.45, 2.75) is 57.8 Å². The lowest BCUT2D eigenvalue weighted by atomic mass is 9.97. The second-order valence-electron chi connectivity index (χ2n) is 9.56. The Morgan fingerprint density at radius 1 is 0.938 bits per heavy atom. The molecule has 32 heavy (non-hydrogen) atoms. The van der Waals surface area contributed by atoms with Gasteiger partial charge >= 0.3 is 0 Å². The molecular formula is C27H39N3O2. The first kappa shape index (κ1) is 23.2. The summed E-state index contributed by atoms with van der Waals surface area (Å²) in [7, 11) is 0. The van der Waals surface area contributed by atoms with Crippen LogP contribution in [0, 0.1) is 0 Å². The smallest absolute Gasteiger partial charge is 0.127 e. The fourth-order valence-corrected chi connectivity index (χ4v) is 5.29. The van der Waals surface area contributed by atoms with E-state index in [1.54, 1.807) is 0 Å². The molecule has 5 nitrogen and oxygen atoms in total. The molecule has 1 N–H and O–H groups in total. The standard InChI is InChI=1S/C27H39N3O2/c1-22(2)29-14-11-24(12-15-29)30-17-16-28(21-25(30)13-18-31)20-23-7-6-10-27(19-23)32-26-8-4-3-5-9-26/h3-10,19,22,24-25,31H,11-18,20-21H2,1-2H3/t25-/m0/s1. The van der Waals surface area contributed by atoms with Crippen LogP contribution in [0.4, 0.5) is 0 Å². The second kappa shape index (κ2) is 11.3. The molecule has 2 saturated heterocycles. The highest BCUT2D eigenvalue weighted by Gasteiger charge is 2.33. The number of piperazine rings is 1. The molecule has 2 heterocycles. The number of piperidine rings is 1. The molecule has 0 bridgehead atoms. The highest BCUT2D eigenvalue weighted by Crippen LogP contribution is 2.26. The Morgan fingerprint density at radius 2 is 1.69 bits per heavy atom. The predicted octanol–water partition coefficient (Wildman–Crippen LogP) is 4.22. The topological polar surface area (TPSA) is 39.2 Å². The molecule has 2 aliphatic heterocycles. The van der Waals surface area contributed by atoms with E-state index in [4.69, 9.17) is 4.74 Å². The Morgan fingerprint density at radius 3 is 2.41 bits per heavy atom. The number of hydrogen-bond acceptors (Lipinski definition) is 5. The molecule has 5 heteroatoms. The maximum atomic E-state index is 9.73. The lowest BCUT2D eigenvalue weighted by Crippen LogP contribution is -2.58. The van der Waals surface area contributed by atoms with Gasteiger partial charge in [-0.05, 0) is 76.0 Å². The molecule has 0 aliphatic carbocycles. The van der Waals surface area contributed by atoms with Gasteiger partial charge in [-0.15, -0.1) is 0 Å². The van der Waals surface area contributed by atoms with Gasteiger partial charge in [0, 0.05) is 50.9 Å². The minimum Gasteiger partial charge on any atom is -0.457 e. The number of rotatable bonds is 8. The molecule has 2 aliphatic rings. The number of nitrogens with zero attached hydrogens (tertiary/aromatic N) is 3. The molecule has 2 aromatic rings. The zero-order valence-corrected chi connectivity index (χ0v) is 19.7. The molecule has 0 aromatic heterocycles. The van der Waals surface area contributed by atoms with Crippen LogP contribution in [-0.2, 0) is 6.54 Å². The zero-order valence-electron chi connectivity index (χ0n) is 19.7. The summed E-state index contributed by atoms with van der Waals surface area (Å²) in [4.78, 5) is 7.85. The third kappa shape index (κ3) is 6.10. The van der Waals surface area contributed by atoms with Gasteiger partial charge < -0.3 is 14.7 Å². The number of ether oxygens (including phenoxy) is 1. The number of hydrogen-bond donors (Lipinski definition) is 1. The number of para-hydroxylation sites is 1. The van der Waals surface area contributed by atoms with Crippen molar-refractivity contribution in [1.82, 2.24) is 14.7 Å². The fraction of sp³-hybridized carbons (Fsp3) is 0.556. The molecule has 2 fully saturated rings. The van der Waals surface area contributed by atoms with E-state index in [1.807, 2.05) is 36.4 Å². The summed E-state index contributed by atoms with van der Waals surface area (Å²) in [5, 5.41) is 9.73. The van der Waals surface area contributed by atoms with Crippen LogP contribution in [0.5, 0.6) is 11.5 Å². The van der Waals surface area contributed by atoms with Crippen LogP contribution < -0.4 is 4.74 Å². The highest BCUT2D eigenvalue weighted by molar-refractivity contribution is 5.33. The van der Waals surface area contributed by atoms with Gasteiger partial charge in [0.2, 0.25) is 0 Å². The van der Waals surface area contributed by atoms with Gasteiger partial charge in [0.1, 0.15) is 11.5 Å². The highest BCUT2D eigenvalue weighted by atomic mass is 16.5. The van der Waals surface area contributed by atoms with Gasteiger partial charge in [-0.2, -0.15) is 0 Å². The Bertz CT molecular complexity index is 821. The van der Waals surface area contributed by atoms with Crippen LogP contribution in [0.1, 0.15) is 38.7 Å². The quantitative estimate of drug-likeness (QED) is 0.670. The van der Waals surface area contributed by atoms with Crippen LogP contribution in [0.3, 0.4) is 0 Å². The Balaban J connectivity index is 1.34. The third-order valence-electron chi connectivity index (χ3n) is 7.06. The lowest BCUT2D eigenvalue weighted by molar-refractivity contribution is -0.0000365. The van der Waals surface area contributed by atoms with Crippen molar-refractivity contribution in [3.63, 3.8) is 0 Å². The van der Waals surface area contributed by atoms with Crippen molar-refractivity contribution in [3.05, 3.63) is 60.2 Å². The Hall–Kier alpha value is -1.92. The maximum absolute atomic E-state index is 9.73.